The molecule has 0 aliphatic rings. The van der Waals surface area contributed by atoms with Gasteiger partial charge in [0.25, 0.3) is 0 Å². The molecular weight excluding hydrogens is 272 g/mol. The molecule has 0 heterocycles. The minimum absolute atomic E-state index is 0.178. The van der Waals surface area contributed by atoms with Gasteiger partial charge in [-0.3, -0.25) is 4.79 Å². The van der Waals surface area contributed by atoms with E-state index in [0.29, 0.717) is 6.42 Å². The lowest BCUT2D eigenvalue weighted by molar-refractivity contribution is -0.144. The highest BCUT2D eigenvalue weighted by molar-refractivity contribution is 5.84. The molecule has 0 bridgehead atoms. The van der Waals surface area contributed by atoms with Crippen molar-refractivity contribution in [3.05, 3.63) is 29.8 Å². The molecule has 1 amide bonds. The summed E-state index contributed by atoms with van der Waals surface area (Å²) < 4.78 is 0. The van der Waals surface area contributed by atoms with Gasteiger partial charge >= 0.3 is 5.97 Å². The maximum Gasteiger partial charge on any atom is 0.328 e. The number of carbonyl (C=O) groups excluding carboxylic acids is 1. The summed E-state index contributed by atoms with van der Waals surface area (Å²) in [6.07, 6.45) is -0.436. The topological polar surface area (TPSA) is 89.9 Å². The lowest BCUT2D eigenvalue weighted by atomic mass is 10.1. The Hall–Kier alpha value is -2.08. The second-order valence-electron chi connectivity index (χ2n) is 5.18. The Balaban J connectivity index is 2.51. The SMILES string of the molecule is CC(O)C(NC(=O)CCc1ccc(N(C)C)cc1)C(=O)O. The minimum atomic E-state index is -1.27. The third-order valence-electron chi connectivity index (χ3n) is 3.16. The molecule has 0 radical (unpaired) electrons. The molecule has 3 N–H and O–H groups in total. The Labute approximate surface area is 124 Å². The number of carbonyl (C=O) groups is 2. The molecule has 6 heteroatoms. The van der Waals surface area contributed by atoms with Crippen LogP contribution in [0.15, 0.2) is 24.3 Å². The van der Waals surface area contributed by atoms with Crippen molar-refractivity contribution in [1.82, 2.24) is 5.32 Å². The van der Waals surface area contributed by atoms with E-state index >= 15 is 0 Å². The van der Waals surface area contributed by atoms with E-state index < -0.39 is 18.1 Å². The van der Waals surface area contributed by atoms with E-state index in [-0.39, 0.29) is 12.3 Å². The van der Waals surface area contributed by atoms with Gasteiger partial charge in [-0.1, -0.05) is 12.1 Å². The van der Waals surface area contributed by atoms with E-state index in [9.17, 15) is 14.7 Å². The van der Waals surface area contributed by atoms with E-state index in [1.165, 1.54) is 6.92 Å². The molecule has 1 rings (SSSR count). The van der Waals surface area contributed by atoms with Crippen molar-refractivity contribution < 1.29 is 19.8 Å². The van der Waals surface area contributed by atoms with E-state index in [1.54, 1.807) is 0 Å². The number of carboxylic acid groups (broad SMARTS) is 1. The average Bonchev–Trinajstić information content (AvgIpc) is 2.42. The van der Waals surface area contributed by atoms with Gasteiger partial charge in [-0.05, 0) is 31.0 Å². The number of aliphatic hydroxyl groups excluding tert-OH is 1. The third-order valence-corrected chi connectivity index (χ3v) is 3.16. The van der Waals surface area contributed by atoms with Crippen LogP contribution >= 0.6 is 0 Å². The lowest BCUT2D eigenvalue weighted by Crippen LogP contribution is -2.47. The molecule has 21 heavy (non-hydrogen) atoms. The number of anilines is 1. The molecule has 0 fully saturated rings. The average molecular weight is 294 g/mol. The minimum Gasteiger partial charge on any atom is -0.480 e. The number of hydrogen-bond acceptors (Lipinski definition) is 4. The number of hydrogen-bond donors (Lipinski definition) is 3. The van der Waals surface area contributed by atoms with Gasteiger partial charge in [0.05, 0.1) is 6.10 Å². The van der Waals surface area contributed by atoms with Crippen molar-refractivity contribution in [3.63, 3.8) is 0 Å². The highest BCUT2D eigenvalue weighted by Gasteiger charge is 2.24. The Bertz CT molecular complexity index is 483. The molecule has 0 aromatic heterocycles. The van der Waals surface area contributed by atoms with Gasteiger partial charge in [0.15, 0.2) is 6.04 Å². The molecule has 2 unspecified atom stereocenters. The smallest absolute Gasteiger partial charge is 0.328 e. The first-order chi connectivity index (χ1) is 9.81. The fourth-order valence-electron chi connectivity index (χ4n) is 1.85. The molecule has 116 valence electrons. The summed E-state index contributed by atoms with van der Waals surface area (Å²) in [5.74, 6) is -1.63. The summed E-state index contributed by atoms with van der Waals surface area (Å²) in [5.41, 5.74) is 2.07. The molecule has 1 aromatic carbocycles. The maximum absolute atomic E-state index is 11.7. The molecule has 0 saturated heterocycles. The van der Waals surface area contributed by atoms with Crippen molar-refractivity contribution in [1.29, 1.82) is 0 Å². The Morgan fingerprint density at radius 1 is 1.24 bits per heavy atom. The van der Waals surface area contributed by atoms with Gasteiger partial charge in [-0.15, -0.1) is 0 Å². The quantitative estimate of drug-likeness (QED) is 0.686. The molecule has 0 aliphatic heterocycles. The van der Waals surface area contributed by atoms with Crippen molar-refractivity contribution in [2.24, 2.45) is 0 Å². The summed E-state index contributed by atoms with van der Waals surface area (Å²) in [6, 6.07) is 6.53. The van der Waals surface area contributed by atoms with Gasteiger partial charge in [-0.2, -0.15) is 0 Å². The van der Waals surface area contributed by atoms with Crippen LogP contribution in [0.4, 0.5) is 5.69 Å². The van der Waals surface area contributed by atoms with Gasteiger partial charge in [0.1, 0.15) is 0 Å². The molecular formula is C15H22N2O4. The number of nitrogens with zero attached hydrogens (tertiary/aromatic N) is 1. The fourth-order valence-corrected chi connectivity index (χ4v) is 1.85. The van der Waals surface area contributed by atoms with Gasteiger partial charge in [-0.25, -0.2) is 4.79 Å². The van der Waals surface area contributed by atoms with Gasteiger partial charge in [0.2, 0.25) is 5.91 Å². The molecule has 2 atom stereocenters. The molecule has 6 nitrogen and oxygen atoms in total. The third kappa shape index (κ3) is 5.43. The first-order valence-electron chi connectivity index (χ1n) is 6.77. The van der Waals surface area contributed by atoms with Crippen molar-refractivity contribution in [3.8, 4) is 0 Å². The second kappa shape index (κ2) is 7.64. The lowest BCUT2D eigenvalue weighted by Gasteiger charge is -2.17. The zero-order valence-electron chi connectivity index (χ0n) is 12.5. The highest BCUT2D eigenvalue weighted by atomic mass is 16.4. The first kappa shape index (κ1) is 17.0. The van der Waals surface area contributed by atoms with Crippen molar-refractivity contribution in [2.75, 3.05) is 19.0 Å². The number of amides is 1. The maximum atomic E-state index is 11.7. The Morgan fingerprint density at radius 2 is 1.81 bits per heavy atom. The van der Waals surface area contributed by atoms with Crippen LogP contribution in [-0.4, -0.2) is 48.3 Å². The number of benzene rings is 1. The molecule has 0 saturated carbocycles. The number of aliphatic carboxylic acids is 1. The van der Waals surface area contributed by atoms with Crippen LogP contribution in [0.1, 0.15) is 18.9 Å². The van der Waals surface area contributed by atoms with Crippen LogP contribution in [0, 0.1) is 0 Å². The molecule has 0 aliphatic carbocycles. The van der Waals surface area contributed by atoms with E-state index in [0.717, 1.165) is 11.3 Å². The monoisotopic (exact) mass is 294 g/mol. The first-order valence-corrected chi connectivity index (χ1v) is 6.77. The van der Waals surface area contributed by atoms with E-state index in [2.05, 4.69) is 5.32 Å². The second-order valence-corrected chi connectivity index (χ2v) is 5.18. The summed E-state index contributed by atoms with van der Waals surface area (Å²) in [4.78, 5) is 24.6. The van der Waals surface area contributed by atoms with Crippen molar-refractivity contribution in [2.45, 2.75) is 31.9 Å². The Morgan fingerprint density at radius 3 is 2.24 bits per heavy atom. The predicted molar refractivity (Wildman–Crippen MR) is 80.3 cm³/mol. The van der Waals surface area contributed by atoms with E-state index in [4.69, 9.17) is 5.11 Å². The highest BCUT2D eigenvalue weighted by Crippen LogP contribution is 2.13. The summed E-state index contributed by atoms with van der Waals surface area (Å²) in [6.45, 7) is 1.33. The summed E-state index contributed by atoms with van der Waals surface area (Å²) >= 11 is 0. The van der Waals surface area contributed by atoms with Gasteiger partial charge < -0.3 is 20.4 Å². The number of aliphatic hydroxyl groups is 1. The molecule has 1 aromatic rings. The number of nitrogens with one attached hydrogen (secondary N) is 1. The number of carboxylic acids is 1. The zero-order valence-corrected chi connectivity index (χ0v) is 12.5. The predicted octanol–water partition coefficient (Wildman–Crippen LogP) is 0.635. The summed E-state index contributed by atoms with van der Waals surface area (Å²) in [7, 11) is 3.90. The largest absolute Gasteiger partial charge is 0.480 e. The van der Waals surface area contributed by atoms with Crippen LogP contribution in [0.2, 0.25) is 0 Å². The van der Waals surface area contributed by atoms with Gasteiger partial charge in [0, 0.05) is 26.2 Å². The van der Waals surface area contributed by atoms with Crippen LogP contribution in [-0.2, 0) is 16.0 Å². The number of rotatable bonds is 7. The fraction of sp³-hybridized carbons (Fsp3) is 0.467. The zero-order chi connectivity index (χ0) is 16.0. The van der Waals surface area contributed by atoms with Crippen molar-refractivity contribution >= 4 is 17.6 Å². The normalized spacial score (nSPS) is 13.3. The standard InChI is InChI=1S/C15H22N2O4/c1-10(18)14(15(20)21)16-13(19)9-6-11-4-7-12(8-5-11)17(2)3/h4-5,7-8,10,14,18H,6,9H2,1-3H3,(H,16,19)(H,20,21). The van der Waals surface area contributed by atoms with Crippen LogP contribution in [0.25, 0.3) is 0 Å². The van der Waals surface area contributed by atoms with Crippen LogP contribution in [0.3, 0.4) is 0 Å². The molecule has 0 spiro atoms. The summed E-state index contributed by atoms with van der Waals surface area (Å²) in [5, 5.41) is 20.5. The number of aryl methyl sites for hydroxylation is 1. The van der Waals surface area contributed by atoms with E-state index in [1.807, 2.05) is 43.3 Å². The van der Waals surface area contributed by atoms with Crippen LogP contribution in [0.5, 0.6) is 0 Å². The van der Waals surface area contributed by atoms with Crippen LogP contribution < -0.4 is 10.2 Å². The Kier molecular flexibility index (Phi) is 6.17.